The highest BCUT2D eigenvalue weighted by Gasteiger charge is 2.41. The number of Topliss-reactive ketones (excluding diaryl/α,β-unsaturated/α-hetero) is 1. The van der Waals surface area contributed by atoms with Gasteiger partial charge in [0.25, 0.3) is 0 Å². The lowest BCUT2D eigenvalue weighted by molar-refractivity contribution is 0.0972. The Morgan fingerprint density at radius 3 is 2.22 bits per heavy atom. The van der Waals surface area contributed by atoms with Crippen molar-refractivity contribution in [3.05, 3.63) is 71.8 Å². The number of epoxide rings is 1. The maximum atomic E-state index is 12.0. The van der Waals surface area contributed by atoms with Crippen molar-refractivity contribution < 1.29 is 9.53 Å². The summed E-state index contributed by atoms with van der Waals surface area (Å²) in [6.07, 6.45) is 0.600. The second-order valence-corrected chi connectivity index (χ2v) is 4.50. The molecule has 2 nitrogen and oxygen atoms in total. The van der Waals surface area contributed by atoms with E-state index in [9.17, 15) is 4.79 Å². The normalized spacial score (nSPS) is 21.6. The standard InChI is InChI=1S/C16H14O2/c17-14(12-7-3-1-4-8-12)11-15-16(18-15)13-9-5-2-6-10-13/h1-10,15-16H,11H2/t15-,16+/m1/s1. The average molecular weight is 238 g/mol. The van der Waals surface area contributed by atoms with Gasteiger partial charge in [0.05, 0.1) is 6.10 Å². The predicted octanol–water partition coefficient (Wildman–Crippen LogP) is 3.40. The Morgan fingerprint density at radius 2 is 1.56 bits per heavy atom. The van der Waals surface area contributed by atoms with Gasteiger partial charge in [0.2, 0.25) is 0 Å². The first-order chi connectivity index (χ1) is 8.84. The van der Waals surface area contributed by atoms with Crippen LogP contribution in [-0.2, 0) is 4.74 Å². The largest absolute Gasteiger partial charge is 0.364 e. The molecule has 0 amide bonds. The molecule has 3 rings (SSSR count). The van der Waals surface area contributed by atoms with E-state index in [2.05, 4.69) is 0 Å². The zero-order valence-electron chi connectivity index (χ0n) is 9.95. The molecule has 0 radical (unpaired) electrons. The minimum Gasteiger partial charge on any atom is -0.364 e. The number of ketones is 1. The van der Waals surface area contributed by atoms with Crippen molar-refractivity contribution in [1.29, 1.82) is 0 Å². The van der Waals surface area contributed by atoms with Crippen molar-refractivity contribution in [2.75, 3.05) is 0 Å². The molecule has 2 aromatic carbocycles. The summed E-state index contributed by atoms with van der Waals surface area (Å²) in [5, 5.41) is 0. The van der Waals surface area contributed by atoms with Crippen molar-refractivity contribution in [3.8, 4) is 0 Å². The highest BCUT2D eigenvalue weighted by molar-refractivity contribution is 5.96. The van der Waals surface area contributed by atoms with E-state index in [0.717, 1.165) is 11.1 Å². The van der Waals surface area contributed by atoms with Gasteiger partial charge in [0.15, 0.2) is 5.78 Å². The molecule has 1 heterocycles. The Morgan fingerprint density at radius 1 is 0.944 bits per heavy atom. The van der Waals surface area contributed by atoms with Gasteiger partial charge in [-0.15, -0.1) is 0 Å². The van der Waals surface area contributed by atoms with E-state index >= 15 is 0 Å². The Bertz CT molecular complexity index is 534. The topological polar surface area (TPSA) is 29.6 Å². The Hall–Kier alpha value is -1.93. The number of ether oxygens (including phenoxy) is 1. The molecule has 0 aliphatic carbocycles. The van der Waals surface area contributed by atoms with E-state index in [1.165, 1.54) is 0 Å². The molecule has 0 spiro atoms. The Balaban J connectivity index is 1.62. The molecule has 2 heteroatoms. The number of carbonyl (C=O) groups is 1. The van der Waals surface area contributed by atoms with E-state index in [4.69, 9.17) is 4.74 Å². The monoisotopic (exact) mass is 238 g/mol. The van der Waals surface area contributed by atoms with Gasteiger partial charge < -0.3 is 4.74 Å². The summed E-state index contributed by atoms with van der Waals surface area (Å²) >= 11 is 0. The molecule has 0 bridgehead atoms. The molecular weight excluding hydrogens is 224 g/mol. The lowest BCUT2D eigenvalue weighted by Gasteiger charge is -1.98. The average Bonchev–Trinajstić information content (AvgIpc) is 3.20. The van der Waals surface area contributed by atoms with Gasteiger partial charge in [-0.2, -0.15) is 0 Å². The third kappa shape index (κ3) is 2.34. The first-order valence-electron chi connectivity index (χ1n) is 6.13. The Labute approximate surface area is 106 Å². The fourth-order valence-electron chi connectivity index (χ4n) is 2.16. The molecule has 1 fully saturated rings. The summed E-state index contributed by atoms with van der Waals surface area (Å²) < 4.78 is 5.57. The van der Waals surface area contributed by atoms with Gasteiger partial charge in [0.1, 0.15) is 6.10 Å². The molecule has 90 valence electrons. The zero-order chi connectivity index (χ0) is 12.4. The van der Waals surface area contributed by atoms with Crippen molar-refractivity contribution >= 4 is 5.78 Å². The van der Waals surface area contributed by atoms with Gasteiger partial charge in [-0.3, -0.25) is 4.79 Å². The van der Waals surface area contributed by atoms with Crippen molar-refractivity contribution in [1.82, 2.24) is 0 Å². The number of rotatable bonds is 4. The van der Waals surface area contributed by atoms with E-state index in [0.29, 0.717) is 6.42 Å². The molecule has 18 heavy (non-hydrogen) atoms. The molecule has 0 N–H and O–H groups in total. The van der Waals surface area contributed by atoms with Crippen LogP contribution >= 0.6 is 0 Å². The van der Waals surface area contributed by atoms with E-state index in [-0.39, 0.29) is 18.0 Å². The summed E-state index contributed by atoms with van der Waals surface area (Å²) in [7, 11) is 0. The van der Waals surface area contributed by atoms with Crippen LogP contribution in [0.3, 0.4) is 0 Å². The van der Waals surface area contributed by atoms with E-state index < -0.39 is 0 Å². The molecule has 1 saturated heterocycles. The lowest BCUT2D eigenvalue weighted by Crippen LogP contribution is -2.03. The SMILES string of the molecule is O=C(C[C@H]1O[C@H]1c1ccccc1)c1ccccc1. The minimum absolute atomic E-state index is 0.0418. The highest BCUT2D eigenvalue weighted by Crippen LogP contribution is 2.41. The summed E-state index contributed by atoms with van der Waals surface area (Å²) in [5.41, 5.74) is 1.92. The third-order valence-corrected chi connectivity index (χ3v) is 3.19. The first kappa shape index (κ1) is 11.2. The van der Waals surface area contributed by atoms with Crippen LogP contribution in [0.25, 0.3) is 0 Å². The van der Waals surface area contributed by atoms with Crippen LogP contribution in [0.1, 0.15) is 28.4 Å². The maximum Gasteiger partial charge on any atom is 0.165 e. The van der Waals surface area contributed by atoms with Gasteiger partial charge in [-0.25, -0.2) is 0 Å². The number of carbonyl (C=O) groups excluding carboxylic acids is 1. The Kier molecular flexibility index (Phi) is 2.95. The second-order valence-electron chi connectivity index (χ2n) is 4.50. The quantitative estimate of drug-likeness (QED) is 0.603. The fourth-order valence-corrected chi connectivity index (χ4v) is 2.16. The second kappa shape index (κ2) is 4.75. The highest BCUT2D eigenvalue weighted by atomic mass is 16.6. The summed E-state index contributed by atoms with van der Waals surface area (Å²) in [5.74, 6) is 0.152. The van der Waals surface area contributed by atoms with Crippen LogP contribution in [0.2, 0.25) is 0 Å². The summed E-state index contributed by atoms with van der Waals surface area (Å²) in [4.78, 5) is 12.0. The van der Waals surface area contributed by atoms with Gasteiger partial charge >= 0.3 is 0 Å². The molecular formula is C16H14O2. The lowest BCUT2D eigenvalue weighted by atomic mass is 10.0. The smallest absolute Gasteiger partial charge is 0.165 e. The molecule has 1 aliphatic rings. The van der Waals surface area contributed by atoms with E-state index in [1.54, 1.807) is 0 Å². The van der Waals surface area contributed by atoms with Gasteiger partial charge in [-0.1, -0.05) is 60.7 Å². The third-order valence-electron chi connectivity index (χ3n) is 3.19. The van der Waals surface area contributed by atoms with Crippen LogP contribution in [0, 0.1) is 0 Å². The zero-order valence-corrected chi connectivity index (χ0v) is 9.95. The molecule has 0 unspecified atom stereocenters. The number of benzene rings is 2. The van der Waals surface area contributed by atoms with Crippen LogP contribution in [-0.4, -0.2) is 11.9 Å². The van der Waals surface area contributed by atoms with Crippen LogP contribution in [0.15, 0.2) is 60.7 Å². The van der Waals surface area contributed by atoms with Crippen molar-refractivity contribution in [2.24, 2.45) is 0 Å². The number of hydrogen-bond acceptors (Lipinski definition) is 2. The molecule has 0 saturated carbocycles. The summed E-state index contributed by atoms with van der Waals surface area (Å²) in [6.45, 7) is 0. The van der Waals surface area contributed by atoms with Crippen LogP contribution in [0.5, 0.6) is 0 Å². The molecule has 2 aromatic rings. The molecule has 0 aromatic heterocycles. The first-order valence-corrected chi connectivity index (χ1v) is 6.13. The van der Waals surface area contributed by atoms with Crippen LogP contribution in [0.4, 0.5) is 0 Å². The van der Waals surface area contributed by atoms with Crippen LogP contribution < -0.4 is 0 Å². The van der Waals surface area contributed by atoms with Gasteiger partial charge in [0, 0.05) is 12.0 Å². The fraction of sp³-hybridized carbons (Fsp3) is 0.188. The summed E-state index contributed by atoms with van der Waals surface area (Å²) in [6, 6.07) is 19.4. The predicted molar refractivity (Wildman–Crippen MR) is 69.4 cm³/mol. The number of hydrogen-bond donors (Lipinski definition) is 0. The van der Waals surface area contributed by atoms with Crippen molar-refractivity contribution in [2.45, 2.75) is 18.6 Å². The molecule has 2 atom stereocenters. The van der Waals surface area contributed by atoms with Gasteiger partial charge in [-0.05, 0) is 5.56 Å². The van der Waals surface area contributed by atoms with E-state index in [1.807, 2.05) is 60.7 Å². The molecule has 1 aliphatic heterocycles. The van der Waals surface area contributed by atoms with Crippen molar-refractivity contribution in [3.63, 3.8) is 0 Å². The maximum absolute atomic E-state index is 12.0. The minimum atomic E-state index is 0.0418.